The van der Waals surface area contributed by atoms with Crippen LogP contribution in [-0.2, 0) is 11.2 Å². The summed E-state index contributed by atoms with van der Waals surface area (Å²) in [4.78, 5) is 11.0. The van der Waals surface area contributed by atoms with Gasteiger partial charge in [-0.25, -0.2) is 4.79 Å². The molecule has 3 rings (SSSR count). The number of hydrogen-bond acceptors (Lipinski definition) is 4. The number of esters is 1. The van der Waals surface area contributed by atoms with Crippen LogP contribution >= 0.6 is 12.6 Å². The molecule has 19 heavy (non-hydrogen) atoms. The predicted molar refractivity (Wildman–Crippen MR) is 79.4 cm³/mol. The Kier molecular flexibility index (Phi) is 4.47. The molecule has 98 valence electrons. The third kappa shape index (κ3) is 3.76. The molecule has 0 saturated carbocycles. The molecule has 2 aromatic carbocycles. The van der Waals surface area contributed by atoms with Gasteiger partial charge >= 0.3 is 5.97 Å². The highest BCUT2D eigenvalue weighted by Gasteiger charge is 2.17. The highest BCUT2D eigenvalue weighted by atomic mass is 32.1. The van der Waals surface area contributed by atoms with Crippen molar-refractivity contribution >= 4 is 24.3 Å². The summed E-state index contributed by atoms with van der Waals surface area (Å²) in [5, 5.41) is 0. The molecule has 0 bridgehead atoms. The van der Waals surface area contributed by atoms with Gasteiger partial charge in [-0.3, -0.25) is 0 Å². The van der Waals surface area contributed by atoms with Crippen LogP contribution in [0.4, 0.5) is 5.69 Å². The number of nitrogen functional groups attached to an aromatic ring is 1. The minimum absolute atomic E-state index is 0.119. The summed E-state index contributed by atoms with van der Waals surface area (Å²) in [5.74, 6) is -0.214. The molecule has 2 N–H and O–H groups in total. The first kappa shape index (κ1) is 13.5. The summed E-state index contributed by atoms with van der Waals surface area (Å²) in [6.45, 7) is 0. The van der Waals surface area contributed by atoms with Crippen LogP contribution in [-0.4, -0.2) is 11.9 Å². The summed E-state index contributed by atoms with van der Waals surface area (Å²) < 4.78 is 4.65. The Morgan fingerprint density at radius 3 is 2.47 bits per heavy atom. The molecule has 0 spiro atoms. The molecule has 4 heteroatoms. The first-order chi connectivity index (χ1) is 9.22. The van der Waals surface area contributed by atoms with Gasteiger partial charge < -0.3 is 10.5 Å². The standard InChI is InChI=1S/C8H8O2S.C7H7N/c9-8(10-6-11)7-4-2-1-3-5-7;8-7-3-1-2-5-4-6(5)7/h1-5,11H,6H2;1-3H,4,8H2. The van der Waals surface area contributed by atoms with Gasteiger partial charge in [0.1, 0.15) is 5.94 Å². The van der Waals surface area contributed by atoms with Crippen molar-refractivity contribution < 1.29 is 9.53 Å². The van der Waals surface area contributed by atoms with Crippen LogP contribution in [0.3, 0.4) is 0 Å². The fourth-order valence-electron chi connectivity index (χ4n) is 1.68. The van der Waals surface area contributed by atoms with Gasteiger partial charge in [-0.1, -0.05) is 30.3 Å². The number of ether oxygens (including phenoxy) is 1. The Bertz CT molecular complexity index is 570. The minimum Gasteiger partial charge on any atom is -0.451 e. The number of hydrogen-bond donors (Lipinski definition) is 2. The smallest absolute Gasteiger partial charge is 0.338 e. The Morgan fingerprint density at radius 2 is 1.89 bits per heavy atom. The first-order valence-electron chi connectivity index (χ1n) is 5.91. The van der Waals surface area contributed by atoms with Gasteiger partial charge in [-0.2, -0.15) is 0 Å². The first-order valence-corrected chi connectivity index (χ1v) is 6.55. The zero-order valence-corrected chi connectivity index (χ0v) is 11.3. The van der Waals surface area contributed by atoms with Crippen molar-refractivity contribution in [2.24, 2.45) is 0 Å². The van der Waals surface area contributed by atoms with Crippen molar-refractivity contribution in [1.29, 1.82) is 0 Å². The summed E-state index contributed by atoms with van der Waals surface area (Å²) in [7, 11) is 0. The molecule has 1 aliphatic rings. The molecule has 0 radical (unpaired) electrons. The molecule has 0 fully saturated rings. The molecule has 0 saturated heterocycles. The van der Waals surface area contributed by atoms with Gasteiger partial charge in [0.05, 0.1) is 5.56 Å². The van der Waals surface area contributed by atoms with E-state index in [2.05, 4.69) is 23.4 Å². The fourth-order valence-corrected chi connectivity index (χ4v) is 1.80. The lowest BCUT2D eigenvalue weighted by Gasteiger charge is -1.98. The van der Waals surface area contributed by atoms with Gasteiger partial charge in [0.15, 0.2) is 0 Å². The van der Waals surface area contributed by atoms with E-state index in [1.165, 1.54) is 11.1 Å². The van der Waals surface area contributed by atoms with Gasteiger partial charge in [0, 0.05) is 12.1 Å². The van der Waals surface area contributed by atoms with Gasteiger partial charge in [0.25, 0.3) is 0 Å². The quantitative estimate of drug-likeness (QED) is 0.327. The number of anilines is 1. The summed E-state index contributed by atoms with van der Waals surface area (Å²) in [6, 6.07) is 14.9. The van der Waals surface area contributed by atoms with Crippen molar-refractivity contribution in [2.45, 2.75) is 6.42 Å². The summed E-state index contributed by atoms with van der Waals surface area (Å²) >= 11 is 3.77. The SMILES string of the molecule is Nc1cccc2c1C2.O=C(OCS)c1ccccc1. The van der Waals surface area contributed by atoms with Gasteiger partial charge in [0.2, 0.25) is 0 Å². The monoisotopic (exact) mass is 273 g/mol. The van der Waals surface area contributed by atoms with Crippen LogP contribution in [0.25, 0.3) is 0 Å². The van der Waals surface area contributed by atoms with Gasteiger partial charge in [-0.05, 0) is 29.3 Å². The highest BCUT2D eigenvalue weighted by molar-refractivity contribution is 7.80. The minimum atomic E-state index is -0.333. The molecule has 0 aliphatic heterocycles. The molecular weight excluding hydrogens is 258 g/mol. The maximum absolute atomic E-state index is 11.0. The lowest BCUT2D eigenvalue weighted by atomic mass is 10.2. The Balaban J connectivity index is 0.000000146. The van der Waals surface area contributed by atoms with Crippen molar-refractivity contribution in [1.82, 2.24) is 0 Å². The van der Waals surface area contributed by atoms with E-state index >= 15 is 0 Å². The molecule has 0 aromatic heterocycles. The normalized spacial score (nSPS) is 10.8. The second-order valence-corrected chi connectivity index (χ2v) is 4.35. The highest BCUT2D eigenvalue weighted by Crippen LogP contribution is 2.32. The molecule has 2 aromatic rings. The maximum Gasteiger partial charge on any atom is 0.338 e. The van der Waals surface area contributed by atoms with Crippen molar-refractivity contribution in [3.05, 3.63) is 65.2 Å². The summed E-state index contributed by atoms with van der Waals surface area (Å²) in [6.07, 6.45) is 1.12. The Labute approximate surface area is 117 Å². The second-order valence-electron chi connectivity index (χ2n) is 4.09. The Hall–Kier alpha value is -1.94. The average molecular weight is 273 g/mol. The molecule has 3 nitrogen and oxygen atoms in total. The van der Waals surface area contributed by atoms with Crippen LogP contribution in [0.1, 0.15) is 21.5 Å². The zero-order chi connectivity index (χ0) is 13.7. The van der Waals surface area contributed by atoms with E-state index in [9.17, 15) is 4.79 Å². The van der Waals surface area contributed by atoms with Crippen molar-refractivity contribution in [2.75, 3.05) is 11.7 Å². The topological polar surface area (TPSA) is 52.3 Å². The molecule has 0 atom stereocenters. The van der Waals surface area contributed by atoms with E-state index in [0.717, 1.165) is 12.1 Å². The Morgan fingerprint density at radius 1 is 1.16 bits per heavy atom. The number of carbonyl (C=O) groups excluding carboxylic acids is 1. The molecule has 1 aliphatic carbocycles. The fraction of sp³-hybridized carbons (Fsp3) is 0.133. The second kappa shape index (κ2) is 6.29. The van der Waals surface area contributed by atoms with Crippen molar-refractivity contribution in [3.63, 3.8) is 0 Å². The summed E-state index contributed by atoms with van der Waals surface area (Å²) in [5.41, 5.74) is 9.86. The lowest BCUT2D eigenvalue weighted by molar-refractivity contribution is 0.0581. The van der Waals surface area contributed by atoms with Crippen molar-refractivity contribution in [3.8, 4) is 0 Å². The number of carbonyl (C=O) groups is 1. The number of fused-ring (bicyclic) bond motifs is 1. The number of nitrogens with two attached hydrogens (primary N) is 1. The zero-order valence-electron chi connectivity index (χ0n) is 10.4. The van der Waals surface area contributed by atoms with Crippen LogP contribution in [0.5, 0.6) is 0 Å². The van der Waals surface area contributed by atoms with Crippen LogP contribution in [0, 0.1) is 0 Å². The van der Waals surface area contributed by atoms with Gasteiger partial charge in [-0.15, -0.1) is 12.6 Å². The third-order valence-corrected chi connectivity index (χ3v) is 2.89. The average Bonchev–Trinajstić information content (AvgIpc) is 3.22. The van der Waals surface area contributed by atoms with E-state index in [4.69, 9.17) is 5.73 Å². The van der Waals surface area contributed by atoms with E-state index < -0.39 is 0 Å². The number of rotatable bonds is 2. The molecule has 0 unspecified atom stereocenters. The maximum atomic E-state index is 11.0. The van der Waals surface area contributed by atoms with Crippen LogP contribution in [0.2, 0.25) is 0 Å². The van der Waals surface area contributed by atoms with Crippen LogP contribution in [0.15, 0.2) is 48.5 Å². The van der Waals surface area contributed by atoms with E-state index in [0.29, 0.717) is 5.56 Å². The van der Waals surface area contributed by atoms with Crippen LogP contribution < -0.4 is 5.73 Å². The number of thiol groups is 1. The van der Waals surface area contributed by atoms with E-state index in [1.807, 2.05) is 18.2 Å². The molecular formula is C15H15NO2S. The number of benzene rings is 2. The molecule has 0 heterocycles. The molecule has 0 amide bonds. The van der Waals surface area contributed by atoms with E-state index in [-0.39, 0.29) is 11.9 Å². The largest absolute Gasteiger partial charge is 0.451 e. The predicted octanol–water partition coefficient (Wildman–Crippen LogP) is 2.90. The lowest BCUT2D eigenvalue weighted by Crippen LogP contribution is -2.02. The van der Waals surface area contributed by atoms with E-state index in [1.54, 1.807) is 24.3 Å². The third-order valence-electron chi connectivity index (χ3n) is 2.76.